The predicted octanol–water partition coefficient (Wildman–Crippen LogP) is 0.198. The molecule has 0 aromatic heterocycles. The van der Waals surface area contributed by atoms with Crippen LogP contribution in [0.5, 0.6) is 0 Å². The van der Waals surface area contributed by atoms with Gasteiger partial charge in [0.15, 0.2) is 0 Å². The Morgan fingerprint density at radius 3 is 3.06 bits per heavy atom. The summed E-state index contributed by atoms with van der Waals surface area (Å²) in [6.07, 6.45) is 1.55. The van der Waals surface area contributed by atoms with E-state index in [0.29, 0.717) is 25.4 Å². The van der Waals surface area contributed by atoms with Crippen molar-refractivity contribution in [1.82, 2.24) is 10.2 Å². The Bertz CT molecular complexity index is 248. The monoisotopic (exact) mass is 257 g/mol. The molecule has 1 fully saturated rings. The third-order valence-corrected chi connectivity index (χ3v) is 3.46. The van der Waals surface area contributed by atoms with E-state index in [2.05, 4.69) is 24.1 Å². The van der Waals surface area contributed by atoms with Crippen LogP contribution in [0.15, 0.2) is 0 Å². The standard InChI is InChI=1S/C13H27N3O2/c1-3-16-6-7-18-12(10-16)9-15-13(17)5-4-11(2)8-14/h11-12H,3-10,14H2,1-2H3,(H,15,17). The van der Waals surface area contributed by atoms with Crippen molar-refractivity contribution in [2.45, 2.75) is 32.8 Å². The second-order valence-corrected chi connectivity index (χ2v) is 5.07. The van der Waals surface area contributed by atoms with Gasteiger partial charge in [-0.3, -0.25) is 9.69 Å². The number of rotatable bonds is 7. The molecule has 1 heterocycles. The van der Waals surface area contributed by atoms with Crippen molar-refractivity contribution in [1.29, 1.82) is 0 Å². The Kier molecular flexibility index (Phi) is 7.23. The molecule has 2 atom stereocenters. The number of hydrogen-bond acceptors (Lipinski definition) is 4. The van der Waals surface area contributed by atoms with Gasteiger partial charge in [0.2, 0.25) is 5.91 Å². The summed E-state index contributed by atoms with van der Waals surface area (Å²) in [6, 6.07) is 0. The molecule has 0 bridgehead atoms. The molecule has 0 radical (unpaired) electrons. The first-order valence-electron chi connectivity index (χ1n) is 6.96. The first kappa shape index (κ1) is 15.4. The molecule has 0 saturated carbocycles. The van der Waals surface area contributed by atoms with Gasteiger partial charge in [0, 0.05) is 26.1 Å². The van der Waals surface area contributed by atoms with Crippen molar-refractivity contribution in [2.75, 3.05) is 39.3 Å². The van der Waals surface area contributed by atoms with Gasteiger partial charge in [-0.15, -0.1) is 0 Å². The minimum absolute atomic E-state index is 0.104. The van der Waals surface area contributed by atoms with E-state index in [1.165, 1.54) is 0 Å². The van der Waals surface area contributed by atoms with Crippen LogP contribution in [-0.4, -0.2) is 56.2 Å². The van der Waals surface area contributed by atoms with Crippen LogP contribution in [0.3, 0.4) is 0 Å². The maximum Gasteiger partial charge on any atom is 0.220 e. The molecule has 2 unspecified atom stereocenters. The number of likely N-dealkylation sites (N-methyl/N-ethyl adjacent to an activating group) is 1. The molecule has 106 valence electrons. The Hall–Kier alpha value is -0.650. The van der Waals surface area contributed by atoms with Crippen molar-refractivity contribution in [3.8, 4) is 0 Å². The summed E-state index contributed by atoms with van der Waals surface area (Å²) >= 11 is 0. The number of carbonyl (C=O) groups is 1. The fourth-order valence-corrected chi connectivity index (χ4v) is 2.00. The molecule has 1 amide bonds. The molecular formula is C13H27N3O2. The van der Waals surface area contributed by atoms with E-state index in [4.69, 9.17) is 10.5 Å². The van der Waals surface area contributed by atoms with Gasteiger partial charge in [-0.05, 0) is 25.4 Å². The number of morpholine rings is 1. The first-order chi connectivity index (χ1) is 8.65. The van der Waals surface area contributed by atoms with E-state index >= 15 is 0 Å². The Labute approximate surface area is 110 Å². The average Bonchev–Trinajstić information content (AvgIpc) is 2.42. The number of hydrogen-bond donors (Lipinski definition) is 2. The van der Waals surface area contributed by atoms with Gasteiger partial charge in [-0.1, -0.05) is 13.8 Å². The molecule has 0 aliphatic carbocycles. The summed E-state index contributed by atoms with van der Waals surface area (Å²) in [7, 11) is 0. The molecule has 1 saturated heterocycles. The van der Waals surface area contributed by atoms with Gasteiger partial charge < -0.3 is 15.8 Å². The van der Waals surface area contributed by atoms with Crippen molar-refractivity contribution < 1.29 is 9.53 Å². The fraction of sp³-hybridized carbons (Fsp3) is 0.923. The van der Waals surface area contributed by atoms with E-state index in [1.807, 2.05) is 0 Å². The van der Waals surface area contributed by atoms with Crippen molar-refractivity contribution in [2.24, 2.45) is 11.7 Å². The van der Waals surface area contributed by atoms with Gasteiger partial charge in [0.25, 0.3) is 0 Å². The lowest BCUT2D eigenvalue weighted by Gasteiger charge is -2.32. The molecule has 1 aliphatic rings. The Balaban J connectivity index is 2.13. The van der Waals surface area contributed by atoms with E-state index < -0.39 is 0 Å². The maximum atomic E-state index is 11.6. The third kappa shape index (κ3) is 5.80. The molecule has 1 aliphatic heterocycles. The number of amides is 1. The number of nitrogens with one attached hydrogen (secondary N) is 1. The van der Waals surface area contributed by atoms with Gasteiger partial charge >= 0.3 is 0 Å². The second-order valence-electron chi connectivity index (χ2n) is 5.07. The highest BCUT2D eigenvalue weighted by molar-refractivity contribution is 5.75. The zero-order valence-corrected chi connectivity index (χ0v) is 11.7. The summed E-state index contributed by atoms with van der Waals surface area (Å²) in [6.45, 7) is 9.19. The molecule has 3 N–H and O–H groups in total. The van der Waals surface area contributed by atoms with Gasteiger partial charge in [0.05, 0.1) is 12.7 Å². The van der Waals surface area contributed by atoms with E-state index in [0.717, 1.165) is 32.7 Å². The molecule has 0 spiro atoms. The van der Waals surface area contributed by atoms with E-state index in [9.17, 15) is 4.79 Å². The Morgan fingerprint density at radius 2 is 2.39 bits per heavy atom. The first-order valence-corrected chi connectivity index (χ1v) is 6.96. The molecule has 18 heavy (non-hydrogen) atoms. The van der Waals surface area contributed by atoms with Crippen LogP contribution >= 0.6 is 0 Å². The highest BCUT2D eigenvalue weighted by Crippen LogP contribution is 2.05. The van der Waals surface area contributed by atoms with Crippen molar-refractivity contribution >= 4 is 5.91 Å². The number of nitrogens with zero attached hydrogens (tertiary/aromatic N) is 1. The number of ether oxygens (including phenoxy) is 1. The third-order valence-electron chi connectivity index (χ3n) is 3.46. The summed E-state index contributed by atoms with van der Waals surface area (Å²) in [5.41, 5.74) is 5.52. The van der Waals surface area contributed by atoms with Crippen LogP contribution < -0.4 is 11.1 Å². The summed E-state index contributed by atoms with van der Waals surface area (Å²) in [5.74, 6) is 0.518. The summed E-state index contributed by atoms with van der Waals surface area (Å²) in [4.78, 5) is 14.0. The van der Waals surface area contributed by atoms with E-state index in [-0.39, 0.29) is 12.0 Å². The van der Waals surface area contributed by atoms with Crippen LogP contribution in [0, 0.1) is 5.92 Å². The lowest BCUT2D eigenvalue weighted by molar-refractivity contribution is -0.122. The van der Waals surface area contributed by atoms with Crippen LogP contribution in [0.4, 0.5) is 0 Å². The lowest BCUT2D eigenvalue weighted by atomic mass is 10.1. The van der Waals surface area contributed by atoms with Crippen molar-refractivity contribution in [3.05, 3.63) is 0 Å². The summed E-state index contributed by atoms with van der Waals surface area (Å²) < 4.78 is 5.63. The fourth-order valence-electron chi connectivity index (χ4n) is 2.00. The highest BCUT2D eigenvalue weighted by atomic mass is 16.5. The van der Waals surface area contributed by atoms with Crippen LogP contribution in [-0.2, 0) is 9.53 Å². The minimum atomic E-state index is 0.104. The largest absolute Gasteiger partial charge is 0.374 e. The second kappa shape index (κ2) is 8.45. The number of nitrogens with two attached hydrogens (primary N) is 1. The predicted molar refractivity (Wildman–Crippen MR) is 72.3 cm³/mol. The maximum absolute atomic E-state index is 11.6. The van der Waals surface area contributed by atoms with Gasteiger partial charge in [-0.25, -0.2) is 0 Å². The van der Waals surface area contributed by atoms with Crippen molar-refractivity contribution in [3.63, 3.8) is 0 Å². The summed E-state index contributed by atoms with van der Waals surface area (Å²) in [5, 5.41) is 2.95. The molecule has 0 aromatic carbocycles. The smallest absolute Gasteiger partial charge is 0.220 e. The normalized spacial score (nSPS) is 22.7. The number of carbonyl (C=O) groups excluding carboxylic acids is 1. The van der Waals surface area contributed by atoms with Gasteiger partial charge in [-0.2, -0.15) is 0 Å². The topological polar surface area (TPSA) is 67.6 Å². The van der Waals surface area contributed by atoms with Crippen LogP contribution in [0.1, 0.15) is 26.7 Å². The molecule has 5 heteroatoms. The van der Waals surface area contributed by atoms with Crippen LogP contribution in [0.2, 0.25) is 0 Å². The Morgan fingerprint density at radius 1 is 1.61 bits per heavy atom. The molecule has 1 rings (SSSR count). The minimum Gasteiger partial charge on any atom is -0.374 e. The average molecular weight is 257 g/mol. The zero-order valence-electron chi connectivity index (χ0n) is 11.7. The molecular weight excluding hydrogens is 230 g/mol. The molecule has 5 nitrogen and oxygen atoms in total. The SMILES string of the molecule is CCN1CCOC(CNC(=O)CCC(C)CN)C1. The molecule has 0 aromatic rings. The van der Waals surface area contributed by atoms with Gasteiger partial charge in [0.1, 0.15) is 0 Å². The zero-order chi connectivity index (χ0) is 13.4. The van der Waals surface area contributed by atoms with Crippen LogP contribution in [0.25, 0.3) is 0 Å². The highest BCUT2D eigenvalue weighted by Gasteiger charge is 2.19. The lowest BCUT2D eigenvalue weighted by Crippen LogP contribution is -2.47. The van der Waals surface area contributed by atoms with E-state index in [1.54, 1.807) is 0 Å². The quantitative estimate of drug-likeness (QED) is 0.683.